The fourth-order valence-corrected chi connectivity index (χ4v) is 0.622. The van der Waals surface area contributed by atoms with Crippen molar-refractivity contribution in [1.29, 1.82) is 0 Å². The number of hydrogen-bond donors (Lipinski definition) is 1. The highest BCUT2D eigenvalue weighted by Gasteiger charge is 2.13. The normalized spacial score (nSPS) is 10.4. The molecule has 0 aromatic heterocycles. The molecule has 1 N–H and O–H groups in total. The highest BCUT2D eigenvalue weighted by Crippen LogP contribution is 1.94. The first-order chi connectivity index (χ1) is 6.51. The average Bonchev–Trinajstić information content (AvgIpc) is 2.14. The minimum absolute atomic E-state index is 0.258. The molecule has 1 amide bonds. The Morgan fingerprint density at radius 2 is 1.71 bits per heavy atom. The van der Waals surface area contributed by atoms with E-state index in [1.54, 1.807) is 0 Å². The zero-order chi connectivity index (χ0) is 11.1. The first-order valence-corrected chi connectivity index (χ1v) is 3.66. The highest BCUT2D eigenvalue weighted by atomic mass is 16.5. The lowest BCUT2D eigenvalue weighted by Crippen LogP contribution is -2.26. The van der Waals surface area contributed by atoms with Crippen LogP contribution in [0.25, 0.3) is 0 Å². The maximum Gasteiger partial charge on any atom is 0.354 e. The second-order valence-electron chi connectivity index (χ2n) is 2.25. The minimum atomic E-state index is -0.814. The average molecular weight is 201 g/mol. The summed E-state index contributed by atoms with van der Waals surface area (Å²) >= 11 is 0. The van der Waals surface area contributed by atoms with Gasteiger partial charge in [-0.15, -0.1) is 0 Å². The van der Waals surface area contributed by atoms with Crippen molar-refractivity contribution in [1.82, 2.24) is 5.32 Å². The van der Waals surface area contributed by atoms with Crippen LogP contribution in [-0.2, 0) is 23.9 Å². The number of rotatable bonds is 3. The number of carbonyl (C=O) groups is 3. The van der Waals surface area contributed by atoms with E-state index in [4.69, 9.17) is 0 Å². The predicted molar refractivity (Wildman–Crippen MR) is 45.9 cm³/mol. The molecule has 0 fully saturated rings. The molecule has 0 unspecified atom stereocenters. The Kier molecular flexibility index (Phi) is 4.98. The van der Waals surface area contributed by atoms with Crippen molar-refractivity contribution >= 4 is 17.8 Å². The van der Waals surface area contributed by atoms with Gasteiger partial charge >= 0.3 is 11.9 Å². The molecule has 14 heavy (non-hydrogen) atoms. The van der Waals surface area contributed by atoms with E-state index in [1.807, 2.05) is 0 Å². The number of amides is 1. The maximum atomic E-state index is 11.0. The van der Waals surface area contributed by atoms with E-state index < -0.39 is 17.8 Å². The standard InChI is InChI=1S/C8H11NO5/c1-5(10)9-6(8(12)14-3)4-7(11)13-2/h4H,1-3H3,(H,9,10)/b6-4+. The molecule has 0 aliphatic carbocycles. The monoisotopic (exact) mass is 201 g/mol. The van der Waals surface area contributed by atoms with Gasteiger partial charge in [0.15, 0.2) is 0 Å². The third-order valence-electron chi connectivity index (χ3n) is 1.18. The molecule has 78 valence electrons. The molecular weight excluding hydrogens is 190 g/mol. The van der Waals surface area contributed by atoms with Crippen LogP contribution in [0.5, 0.6) is 0 Å². The van der Waals surface area contributed by atoms with Gasteiger partial charge < -0.3 is 14.8 Å². The van der Waals surface area contributed by atoms with Crippen LogP contribution in [0.2, 0.25) is 0 Å². The molecule has 0 spiro atoms. The summed E-state index contributed by atoms with van der Waals surface area (Å²) in [6.07, 6.45) is 0.841. The van der Waals surface area contributed by atoms with Crippen molar-refractivity contribution in [2.24, 2.45) is 0 Å². The zero-order valence-electron chi connectivity index (χ0n) is 8.12. The molecule has 0 radical (unpaired) electrons. The third kappa shape index (κ3) is 4.24. The summed E-state index contributed by atoms with van der Waals surface area (Å²) in [6.45, 7) is 1.20. The summed E-state index contributed by atoms with van der Waals surface area (Å²) in [5.41, 5.74) is -0.258. The van der Waals surface area contributed by atoms with Gasteiger partial charge in [-0.25, -0.2) is 9.59 Å². The summed E-state index contributed by atoms with van der Waals surface area (Å²) in [5.74, 6) is -2.05. The Morgan fingerprint density at radius 3 is 2.07 bits per heavy atom. The Morgan fingerprint density at radius 1 is 1.14 bits per heavy atom. The van der Waals surface area contributed by atoms with Crippen molar-refractivity contribution in [3.05, 3.63) is 11.8 Å². The fourth-order valence-electron chi connectivity index (χ4n) is 0.622. The van der Waals surface area contributed by atoms with Gasteiger partial charge in [0, 0.05) is 6.92 Å². The smallest absolute Gasteiger partial charge is 0.354 e. The van der Waals surface area contributed by atoms with Crippen LogP contribution in [0.1, 0.15) is 6.92 Å². The first-order valence-electron chi connectivity index (χ1n) is 3.66. The van der Waals surface area contributed by atoms with E-state index >= 15 is 0 Å². The minimum Gasteiger partial charge on any atom is -0.466 e. The lowest BCUT2D eigenvalue weighted by atomic mass is 10.4. The van der Waals surface area contributed by atoms with Crippen LogP contribution in [0.3, 0.4) is 0 Å². The number of carbonyl (C=O) groups excluding carboxylic acids is 3. The van der Waals surface area contributed by atoms with Crippen molar-refractivity contribution in [2.75, 3.05) is 14.2 Å². The lowest BCUT2D eigenvalue weighted by Gasteiger charge is -2.04. The Labute approximate surface area is 80.9 Å². The van der Waals surface area contributed by atoms with Crippen LogP contribution < -0.4 is 5.32 Å². The summed E-state index contributed by atoms with van der Waals surface area (Å²) in [5, 5.41) is 2.14. The van der Waals surface area contributed by atoms with Gasteiger partial charge in [-0.1, -0.05) is 0 Å². The van der Waals surface area contributed by atoms with E-state index in [-0.39, 0.29) is 5.70 Å². The van der Waals surface area contributed by atoms with Crippen molar-refractivity contribution in [3.63, 3.8) is 0 Å². The molecule has 0 atom stereocenters. The van der Waals surface area contributed by atoms with E-state index in [0.717, 1.165) is 20.3 Å². The van der Waals surface area contributed by atoms with Crippen molar-refractivity contribution in [2.45, 2.75) is 6.92 Å². The van der Waals surface area contributed by atoms with Gasteiger partial charge in [-0.3, -0.25) is 4.79 Å². The zero-order valence-corrected chi connectivity index (χ0v) is 8.12. The molecule has 0 aliphatic rings. The number of methoxy groups -OCH3 is 2. The van der Waals surface area contributed by atoms with E-state index in [0.29, 0.717) is 0 Å². The second kappa shape index (κ2) is 5.74. The van der Waals surface area contributed by atoms with Crippen LogP contribution >= 0.6 is 0 Å². The Balaban J connectivity index is 4.71. The second-order valence-corrected chi connectivity index (χ2v) is 2.25. The summed E-state index contributed by atoms with van der Waals surface area (Å²) < 4.78 is 8.61. The molecule has 0 saturated heterocycles. The van der Waals surface area contributed by atoms with Crippen molar-refractivity contribution in [3.8, 4) is 0 Å². The van der Waals surface area contributed by atoms with Crippen LogP contribution in [0.15, 0.2) is 11.8 Å². The molecule has 6 nitrogen and oxygen atoms in total. The summed E-state index contributed by atoms with van der Waals surface area (Å²) in [7, 11) is 2.29. The van der Waals surface area contributed by atoms with Gasteiger partial charge in [0.05, 0.1) is 20.3 Å². The molecule has 0 aliphatic heterocycles. The van der Waals surface area contributed by atoms with Crippen LogP contribution in [0.4, 0.5) is 0 Å². The van der Waals surface area contributed by atoms with E-state index in [9.17, 15) is 14.4 Å². The maximum absolute atomic E-state index is 11.0. The number of hydrogen-bond acceptors (Lipinski definition) is 5. The fraction of sp³-hybridized carbons (Fsp3) is 0.375. The summed E-state index contributed by atoms with van der Waals surface area (Å²) in [4.78, 5) is 32.4. The SMILES string of the molecule is COC(=O)/C=C(/NC(C)=O)C(=O)OC. The molecule has 6 heteroatoms. The third-order valence-corrected chi connectivity index (χ3v) is 1.18. The summed E-state index contributed by atoms with van der Waals surface area (Å²) in [6, 6.07) is 0. The van der Waals surface area contributed by atoms with Crippen LogP contribution in [-0.4, -0.2) is 32.1 Å². The van der Waals surface area contributed by atoms with Gasteiger partial charge in [0.1, 0.15) is 5.70 Å². The number of ether oxygens (including phenoxy) is 2. The van der Waals surface area contributed by atoms with Gasteiger partial charge in [-0.05, 0) is 0 Å². The number of nitrogens with one attached hydrogen (secondary N) is 1. The molecular formula is C8H11NO5. The predicted octanol–water partition coefficient (Wildman–Crippen LogP) is -0.648. The molecule has 0 heterocycles. The van der Waals surface area contributed by atoms with Crippen molar-refractivity contribution < 1.29 is 23.9 Å². The van der Waals surface area contributed by atoms with Crippen LogP contribution in [0, 0.1) is 0 Å². The molecule has 0 aromatic rings. The molecule has 0 saturated carbocycles. The lowest BCUT2D eigenvalue weighted by molar-refractivity contribution is -0.139. The molecule has 0 rings (SSSR count). The van der Waals surface area contributed by atoms with E-state index in [2.05, 4.69) is 14.8 Å². The quantitative estimate of drug-likeness (QED) is 0.484. The highest BCUT2D eigenvalue weighted by molar-refractivity contribution is 5.99. The van der Waals surface area contributed by atoms with Gasteiger partial charge in [-0.2, -0.15) is 0 Å². The van der Waals surface area contributed by atoms with Gasteiger partial charge in [0.2, 0.25) is 5.91 Å². The first kappa shape index (κ1) is 12.2. The largest absolute Gasteiger partial charge is 0.466 e. The number of esters is 2. The van der Waals surface area contributed by atoms with Gasteiger partial charge in [0.25, 0.3) is 0 Å². The molecule has 0 aromatic carbocycles. The topological polar surface area (TPSA) is 81.7 Å². The molecule has 0 bridgehead atoms. The van der Waals surface area contributed by atoms with E-state index in [1.165, 1.54) is 6.92 Å². The Bertz CT molecular complexity index is 281. The Hall–Kier alpha value is -1.85.